The van der Waals surface area contributed by atoms with Crippen molar-refractivity contribution in [1.82, 2.24) is 19.1 Å². The second-order valence-corrected chi connectivity index (χ2v) is 5.98. The summed E-state index contributed by atoms with van der Waals surface area (Å²) >= 11 is 0. The first-order chi connectivity index (χ1) is 11.9. The van der Waals surface area contributed by atoms with Crippen molar-refractivity contribution < 1.29 is 10.0 Å². The number of ketones is 1. The van der Waals surface area contributed by atoms with Crippen molar-refractivity contribution in [2.75, 3.05) is 0 Å². The lowest BCUT2D eigenvalue weighted by molar-refractivity contribution is 0.101. The van der Waals surface area contributed by atoms with Crippen LogP contribution in [0.3, 0.4) is 0 Å². The molecule has 0 amide bonds. The average molecular weight is 396 g/mol. The molecule has 0 fully saturated rings. The zero-order chi connectivity index (χ0) is 19.0. The van der Waals surface area contributed by atoms with Gasteiger partial charge in [-0.2, -0.15) is 0 Å². The van der Waals surface area contributed by atoms with Crippen LogP contribution in [0.15, 0.2) is 17.5 Å². The summed E-state index contributed by atoms with van der Waals surface area (Å²) in [6.45, 7) is 7.53. The van der Waals surface area contributed by atoms with Crippen LogP contribution in [0.25, 0.3) is 0 Å². The van der Waals surface area contributed by atoms with Crippen LogP contribution >= 0.6 is 0 Å². The van der Waals surface area contributed by atoms with Crippen molar-refractivity contribution >= 4 is 11.5 Å². The van der Waals surface area contributed by atoms with Crippen molar-refractivity contribution in [1.29, 1.82) is 0 Å². The van der Waals surface area contributed by atoms with Crippen LogP contribution in [0.1, 0.15) is 90.6 Å². The van der Waals surface area contributed by atoms with Gasteiger partial charge in [0.25, 0.3) is 0 Å². The van der Waals surface area contributed by atoms with Crippen LogP contribution in [0, 0.1) is 0 Å². The van der Waals surface area contributed by atoms with Crippen molar-refractivity contribution in [3.63, 3.8) is 0 Å². The molecule has 0 unspecified atom stereocenters. The van der Waals surface area contributed by atoms with Gasteiger partial charge in [-0.25, -0.2) is 9.97 Å². The van der Waals surface area contributed by atoms with Crippen LogP contribution in [-0.2, 0) is 26.9 Å². The number of nitrogens with zero attached hydrogens (tertiary/aromatic N) is 5. The maximum Gasteiger partial charge on any atom is 0.177 e. The minimum atomic E-state index is 0. The highest BCUT2D eigenvalue weighted by atomic mass is 16.4. The third-order valence-corrected chi connectivity index (χ3v) is 4.00. The molecule has 0 saturated carbocycles. The minimum absolute atomic E-state index is 0. The van der Waals surface area contributed by atoms with Crippen molar-refractivity contribution in [2.45, 2.75) is 75.7 Å². The van der Waals surface area contributed by atoms with E-state index in [0.29, 0.717) is 11.4 Å². The van der Waals surface area contributed by atoms with Gasteiger partial charge in [-0.3, -0.25) is 4.79 Å². The third-order valence-electron chi connectivity index (χ3n) is 4.00. The van der Waals surface area contributed by atoms with Crippen LogP contribution in [0.2, 0.25) is 0 Å². The van der Waals surface area contributed by atoms with Gasteiger partial charge in [-0.05, 0) is 19.8 Å². The molecule has 162 valence electrons. The quantitative estimate of drug-likeness (QED) is 0.321. The molecule has 0 atom stereocenters. The molecule has 0 aromatic carbocycles. The first-order valence-electron chi connectivity index (χ1n) is 8.58. The Morgan fingerprint density at radius 1 is 0.929 bits per heavy atom. The fraction of sp³-hybridized carbons (Fsp3) is 0.619. The topological polar surface area (TPSA) is 85.3 Å². The number of hydrogen-bond acceptors (Lipinski definition) is 5. The summed E-state index contributed by atoms with van der Waals surface area (Å²) in [7, 11) is 3.82. The lowest BCUT2D eigenvalue weighted by atomic mass is 10.3. The summed E-state index contributed by atoms with van der Waals surface area (Å²) in [5.41, 5.74) is 2.15. The van der Waals surface area contributed by atoms with Crippen LogP contribution < -0.4 is 0 Å². The summed E-state index contributed by atoms with van der Waals surface area (Å²) in [6, 6.07) is 0. The number of aromatic nitrogens is 4. The molecule has 2 aromatic heterocycles. The average Bonchev–Trinajstić information content (AvgIpc) is 3.12. The number of imidazole rings is 2. The molecule has 0 aliphatic heterocycles. The molecule has 0 aliphatic carbocycles. The molecule has 2 heterocycles. The number of carbonyl (C=O) groups is 1. The molecular weight excluding hydrogens is 354 g/mol. The highest BCUT2D eigenvalue weighted by Crippen LogP contribution is 2.07. The Balaban J connectivity index is -0.000000404. The fourth-order valence-electron chi connectivity index (χ4n) is 2.52. The summed E-state index contributed by atoms with van der Waals surface area (Å²) in [5.74, 6) is 2.09. The highest BCUT2D eigenvalue weighted by molar-refractivity contribution is 5.96. The number of hydrogen-bond donors (Lipinski definition) is 1. The van der Waals surface area contributed by atoms with Crippen molar-refractivity contribution in [3.05, 3.63) is 35.4 Å². The minimum Gasteiger partial charge on any atom is -0.411 e. The number of Topliss-reactive ketones (excluding diaryl/α,β-unsaturated/α-hetero) is 1. The predicted octanol–water partition coefficient (Wildman–Crippen LogP) is 5.05. The standard InChI is InChI=1S/C9H15N3O.C9H14N2O.3CH4/c1-4-5-9-10-6-8(12(9)3)7(2)11-13;1-4-5-9-10-6-8(7(2)12)11(9)3;;;/h6,13H,4-5H2,1-3H3;6H,4-5H2,1-3H3;3*1H4. The molecule has 0 radical (unpaired) electrons. The predicted molar refractivity (Wildman–Crippen MR) is 119 cm³/mol. The number of rotatable bonds is 6. The second-order valence-electron chi connectivity index (χ2n) is 5.98. The molecule has 7 heteroatoms. The maximum absolute atomic E-state index is 11.0. The summed E-state index contributed by atoms with van der Waals surface area (Å²) < 4.78 is 3.82. The molecule has 2 rings (SSSR count). The van der Waals surface area contributed by atoms with Crippen molar-refractivity contribution in [2.24, 2.45) is 19.3 Å². The Hall–Kier alpha value is -2.44. The zero-order valence-corrected chi connectivity index (χ0v) is 16.1. The van der Waals surface area contributed by atoms with Gasteiger partial charge in [0, 0.05) is 33.9 Å². The van der Waals surface area contributed by atoms with Crippen molar-refractivity contribution in [3.8, 4) is 0 Å². The monoisotopic (exact) mass is 395 g/mol. The fourth-order valence-corrected chi connectivity index (χ4v) is 2.52. The van der Waals surface area contributed by atoms with E-state index in [2.05, 4.69) is 29.0 Å². The van der Waals surface area contributed by atoms with E-state index in [1.165, 1.54) is 0 Å². The molecule has 28 heavy (non-hydrogen) atoms. The Morgan fingerprint density at radius 3 is 1.64 bits per heavy atom. The second kappa shape index (κ2) is 14.6. The van der Waals surface area contributed by atoms with Gasteiger partial charge in [0.15, 0.2) is 5.78 Å². The van der Waals surface area contributed by atoms with E-state index in [9.17, 15) is 4.79 Å². The van der Waals surface area contributed by atoms with Gasteiger partial charge >= 0.3 is 0 Å². The third kappa shape index (κ3) is 7.66. The van der Waals surface area contributed by atoms with E-state index < -0.39 is 0 Å². The smallest absolute Gasteiger partial charge is 0.177 e. The van der Waals surface area contributed by atoms with Gasteiger partial charge in [-0.1, -0.05) is 41.3 Å². The normalized spacial score (nSPS) is 10.0. The Labute approximate surface area is 171 Å². The van der Waals surface area contributed by atoms with Gasteiger partial charge < -0.3 is 14.3 Å². The largest absolute Gasteiger partial charge is 0.411 e. The number of oxime groups is 1. The van der Waals surface area contributed by atoms with E-state index in [4.69, 9.17) is 5.21 Å². The van der Waals surface area contributed by atoms with E-state index in [0.717, 1.165) is 43.0 Å². The van der Waals surface area contributed by atoms with Gasteiger partial charge in [0.2, 0.25) is 0 Å². The molecule has 0 saturated heterocycles. The van der Waals surface area contributed by atoms with Crippen LogP contribution in [0.5, 0.6) is 0 Å². The summed E-state index contributed by atoms with van der Waals surface area (Å²) in [4.78, 5) is 19.4. The molecule has 1 N–H and O–H groups in total. The molecule has 2 aromatic rings. The first-order valence-corrected chi connectivity index (χ1v) is 8.58. The molecular formula is C21H41N5O2. The lowest BCUT2D eigenvalue weighted by Crippen LogP contribution is -2.06. The molecule has 0 bridgehead atoms. The molecule has 0 aliphatic rings. The maximum atomic E-state index is 11.0. The molecule has 7 nitrogen and oxygen atoms in total. The van der Waals surface area contributed by atoms with E-state index in [1.54, 1.807) is 26.2 Å². The lowest BCUT2D eigenvalue weighted by Gasteiger charge is -2.02. The van der Waals surface area contributed by atoms with E-state index in [1.807, 2.05) is 23.2 Å². The first kappa shape index (κ1) is 30.3. The number of carbonyl (C=O) groups excluding carboxylic acids is 1. The number of aryl methyl sites for hydroxylation is 2. The summed E-state index contributed by atoms with van der Waals surface area (Å²) in [5, 5.41) is 11.7. The van der Waals surface area contributed by atoms with Gasteiger partial charge in [-0.15, -0.1) is 0 Å². The van der Waals surface area contributed by atoms with Gasteiger partial charge in [0.05, 0.1) is 18.1 Å². The highest BCUT2D eigenvalue weighted by Gasteiger charge is 2.09. The van der Waals surface area contributed by atoms with Gasteiger partial charge in [0.1, 0.15) is 23.1 Å². The zero-order valence-electron chi connectivity index (χ0n) is 16.1. The Kier molecular flexibility index (Phi) is 15.8. The molecule has 0 spiro atoms. The van der Waals surface area contributed by atoms with E-state index in [-0.39, 0.29) is 28.1 Å². The Morgan fingerprint density at radius 2 is 1.32 bits per heavy atom. The Bertz CT molecular complexity index is 729. The summed E-state index contributed by atoms with van der Waals surface area (Å²) in [6.07, 6.45) is 7.40. The van der Waals surface area contributed by atoms with Crippen LogP contribution in [-0.4, -0.2) is 35.8 Å². The van der Waals surface area contributed by atoms with E-state index >= 15 is 0 Å². The SMILES string of the molecule is C.C.C.CCCc1ncc(C(C)=NO)n1C.CCCc1ncc(C(C)=O)n1C. The van der Waals surface area contributed by atoms with Crippen LogP contribution in [0.4, 0.5) is 0 Å².